The normalized spacial score (nSPS) is 17.0. The molecule has 0 saturated heterocycles. The van der Waals surface area contributed by atoms with Gasteiger partial charge in [0.25, 0.3) is 0 Å². The molecule has 0 spiro atoms. The Bertz CT molecular complexity index is 313. The largest absolute Gasteiger partial charge is 0.359 e. The van der Waals surface area contributed by atoms with Gasteiger partial charge >= 0.3 is 0 Å². The zero-order valence-corrected chi connectivity index (χ0v) is 17.6. The Hall–Kier alpha value is -0.660. The molecule has 0 amide bonds. The lowest BCUT2D eigenvalue weighted by Crippen LogP contribution is -2.34. The van der Waals surface area contributed by atoms with Gasteiger partial charge in [-0.1, -0.05) is 103 Å². The zero-order valence-electron chi connectivity index (χ0n) is 17.6. The molecule has 1 rings (SSSR count). The van der Waals surface area contributed by atoms with Crippen molar-refractivity contribution in [2.24, 2.45) is 0 Å². The van der Waals surface area contributed by atoms with Gasteiger partial charge in [0, 0.05) is 26.0 Å². The Morgan fingerprint density at radius 1 is 0.600 bits per heavy atom. The SMILES string of the molecule is CCCCCCCCCCCCCCCCCCN1C=CN(C)C1C. The minimum absolute atomic E-state index is 0.552. The first-order valence-corrected chi connectivity index (χ1v) is 11.4. The van der Waals surface area contributed by atoms with Gasteiger partial charge in [-0.3, -0.25) is 0 Å². The monoisotopic (exact) mass is 350 g/mol. The molecule has 0 saturated carbocycles. The standard InChI is InChI=1S/C23H46N2/c1-4-5-6-7-8-9-10-11-12-13-14-15-16-17-18-19-20-25-22-21-24(3)23(25)2/h21-23H,4-20H2,1-3H3. The number of hydrogen-bond acceptors (Lipinski definition) is 2. The summed E-state index contributed by atoms with van der Waals surface area (Å²) in [6.07, 6.45) is 28.1. The van der Waals surface area contributed by atoms with E-state index in [1.807, 2.05) is 0 Å². The average Bonchev–Trinajstić information content (AvgIpc) is 2.93. The summed E-state index contributed by atoms with van der Waals surface area (Å²) in [5.74, 6) is 0. The van der Waals surface area contributed by atoms with E-state index in [9.17, 15) is 0 Å². The van der Waals surface area contributed by atoms with E-state index < -0.39 is 0 Å². The van der Waals surface area contributed by atoms with Crippen LogP contribution in [0.5, 0.6) is 0 Å². The highest BCUT2D eigenvalue weighted by Gasteiger charge is 2.17. The summed E-state index contributed by atoms with van der Waals surface area (Å²) in [7, 11) is 2.16. The zero-order chi connectivity index (χ0) is 18.2. The van der Waals surface area contributed by atoms with Crippen molar-refractivity contribution in [1.82, 2.24) is 9.80 Å². The minimum Gasteiger partial charge on any atom is -0.359 e. The smallest absolute Gasteiger partial charge is 0.0974 e. The summed E-state index contributed by atoms with van der Waals surface area (Å²) in [4.78, 5) is 4.75. The molecule has 0 aromatic rings. The van der Waals surface area contributed by atoms with Gasteiger partial charge in [0.2, 0.25) is 0 Å². The van der Waals surface area contributed by atoms with Crippen molar-refractivity contribution in [3.05, 3.63) is 12.4 Å². The molecule has 148 valence electrons. The first-order chi connectivity index (χ1) is 12.3. The maximum Gasteiger partial charge on any atom is 0.0974 e. The molecule has 25 heavy (non-hydrogen) atoms. The molecular formula is C23H46N2. The van der Waals surface area contributed by atoms with Gasteiger partial charge in [-0.2, -0.15) is 0 Å². The highest BCUT2D eigenvalue weighted by molar-refractivity contribution is 4.93. The first-order valence-electron chi connectivity index (χ1n) is 11.4. The van der Waals surface area contributed by atoms with E-state index in [0.29, 0.717) is 6.17 Å². The van der Waals surface area contributed by atoms with Gasteiger partial charge in [-0.15, -0.1) is 0 Å². The fourth-order valence-electron chi connectivity index (χ4n) is 3.78. The van der Waals surface area contributed by atoms with Crippen molar-refractivity contribution < 1.29 is 0 Å². The molecule has 1 unspecified atom stereocenters. The second-order valence-corrected chi connectivity index (χ2v) is 8.14. The van der Waals surface area contributed by atoms with Gasteiger partial charge in [0.15, 0.2) is 0 Å². The van der Waals surface area contributed by atoms with E-state index in [-0.39, 0.29) is 0 Å². The summed E-state index contributed by atoms with van der Waals surface area (Å²) in [5, 5.41) is 0. The third kappa shape index (κ3) is 11.5. The van der Waals surface area contributed by atoms with Crippen LogP contribution < -0.4 is 0 Å². The van der Waals surface area contributed by atoms with Crippen molar-refractivity contribution >= 4 is 0 Å². The summed E-state index contributed by atoms with van der Waals surface area (Å²) in [6, 6.07) is 0. The number of rotatable bonds is 17. The molecular weight excluding hydrogens is 304 g/mol. The molecule has 0 radical (unpaired) electrons. The molecule has 0 bridgehead atoms. The van der Waals surface area contributed by atoms with Crippen LogP contribution in [0.4, 0.5) is 0 Å². The van der Waals surface area contributed by atoms with E-state index in [2.05, 4.69) is 43.1 Å². The van der Waals surface area contributed by atoms with Gasteiger partial charge in [0.1, 0.15) is 0 Å². The van der Waals surface area contributed by atoms with Crippen molar-refractivity contribution in [1.29, 1.82) is 0 Å². The van der Waals surface area contributed by atoms with Crippen LogP contribution in [0.15, 0.2) is 12.4 Å². The molecule has 1 heterocycles. The first kappa shape index (κ1) is 22.4. The van der Waals surface area contributed by atoms with Crippen LogP contribution in [-0.2, 0) is 0 Å². The van der Waals surface area contributed by atoms with E-state index in [1.165, 1.54) is 109 Å². The second kappa shape index (κ2) is 15.6. The summed E-state index contributed by atoms with van der Waals surface area (Å²) >= 11 is 0. The Balaban J connectivity index is 1.72. The van der Waals surface area contributed by atoms with Crippen molar-refractivity contribution in [2.45, 2.75) is 123 Å². The van der Waals surface area contributed by atoms with Gasteiger partial charge in [-0.25, -0.2) is 0 Å². The molecule has 0 N–H and O–H groups in total. The van der Waals surface area contributed by atoms with E-state index >= 15 is 0 Å². The van der Waals surface area contributed by atoms with Crippen LogP contribution in [-0.4, -0.2) is 29.6 Å². The van der Waals surface area contributed by atoms with Crippen LogP contribution in [0.3, 0.4) is 0 Å². The second-order valence-electron chi connectivity index (χ2n) is 8.14. The lowest BCUT2D eigenvalue weighted by atomic mass is 10.0. The molecule has 1 aliphatic heterocycles. The van der Waals surface area contributed by atoms with E-state index in [1.54, 1.807) is 0 Å². The maximum atomic E-state index is 2.46. The molecule has 2 heteroatoms. The minimum atomic E-state index is 0.552. The molecule has 1 atom stereocenters. The lowest BCUT2D eigenvalue weighted by molar-refractivity contribution is 0.192. The Morgan fingerprint density at radius 2 is 1.00 bits per heavy atom. The van der Waals surface area contributed by atoms with Crippen LogP contribution in [0.1, 0.15) is 117 Å². The highest BCUT2D eigenvalue weighted by atomic mass is 15.4. The van der Waals surface area contributed by atoms with Gasteiger partial charge < -0.3 is 9.80 Å². The number of hydrogen-bond donors (Lipinski definition) is 0. The summed E-state index contributed by atoms with van der Waals surface area (Å²) in [6.45, 7) is 5.80. The van der Waals surface area contributed by atoms with Crippen molar-refractivity contribution in [2.75, 3.05) is 13.6 Å². The molecule has 2 nitrogen and oxygen atoms in total. The molecule has 0 aliphatic carbocycles. The van der Waals surface area contributed by atoms with Crippen molar-refractivity contribution in [3.8, 4) is 0 Å². The summed E-state index contributed by atoms with van der Waals surface area (Å²) in [5.41, 5.74) is 0. The lowest BCUT2D eigenvalue weighted by Gasteiger charge is -2.26. The van der Waals surface area contributed by atoms with Gasteiger partial charge in [0.05, 0.1) is 6.17 Å². The Morgan fingerprint density at radius 3 is 1.36 bits per heavy atom. The fourth-order valence-corrected chi connectivity index (χ4v) is 3.78. The Kier molecular flexibility index (Phi) is 14.0. The van der Waals surface area contributed by atoms with Crippen molar-refractivity contribution in [3.63, 3.8) is 0 Å². The molecule has 0 aromatic heterocycles. The quantitative estimate of drug-likeness (QED) is 0.254. The average molecular weight is 351 g/mol. The number of nitrogens with zero attached hydrogens (tertiary/aromatic N) is 2. The molecule has 0 aromatic carbocycles. The number of unbranched alkanes of at least 4 members (excludes halogenated alkanes) is 15. The highest BCUT2D eigenvalue weighted by Crippen LogP contribution is 2.16. The predicted octanol–water partition coefficient (Wildman–Crippen LogP) is 7.31. The summed E-state index contributed by atoms with van der Waals surface area (Å²) < 4.78 is 0. The third-order valence-corrected chi connectivity index (χ3v) is 5.83. The molecule has 1 aliphatic rings. The van der Waals surface area contributed by atoms with Crippen LogP contribution in [0.25, 0.3) is 0 Å². The van der Waals surface area contributed by atoms with Crippen LogP contribution >= 0.6 is 0 Å². The maximum absolute atomic E-state index is 2.46. The van der Waals surface area contributed by atoms with Gasteiger partial charge in [-0.05, 0) is 13.3 Å². The fraction of sp³-hybridized carbons (Fsp3) is 0.913. The van der Waals surface area contributed by atoms with Crippen LogP contribution in [0.2, 0.25) is 0 Å². The van der Waals surface area contributed by atoms with Crippen LogP contribution in [0, 0.1) is 0 Å². The molecule has 0 fully saturated rings. The third-order valence-electron chi connectivity index (χ3n) is 5.83. The predicted molar refractivity (Wildman–Crippen MR) is 113 cm³/mol. The van der Waals surface area contributed by atoms with E-state index in [4.69, 9.17) is 0 Å². The topological polar surface area (TPSA) is 6.48 Å². The van der Waals surface area contributed by atoms with E-state index in [0.717, 1.165) is 0 Å². The Labute approximate surface area is 159 Å².